The number of carboxylic acid groups (broad SMARTS) is 1. The third kappa shape index (κ3) is 2.63. The first-order valence-electron chi connectivity index (χ1n) is 5.82. The Morgan fingerprint density at radius 1 is 1.25 bits per heavy atom. The maximum atomic E-state index is 11.1. The molecule has 0 fully saturated rings. The molecule has 0 saturated carbocycles. The van der Waals surface area contributed by atoms with E-state index in [0.717, 1.165) is 17.5 Å². The summed E-state index contributed by atoms with van der Waals surface area (Å²) in [5.74, 6) is -0.818. The van der Waals surface area contributed by atoms with Crippen LogP contribution in [0.5, 0.6) is 0 Å². The van der Waals surface area contributed by atoms with Crippen LogP contribution >= 0.6 is 0 Å². The lowest BCUT2D eigenvalue weighted by molar-refractivity contribution is -0.138. The molecule has 1 atom stereocenters. The minimum atomic E-state index is -0.754. The monoisotopic (exact) mass is 220 g/mol. The maximum absolute atomic E-state index is 11.1. The highest BCUT2D eigenvalue weighted by molar-refractivity contribution is 5.76. The standard InChI is InChI=1S/C14H20O2/c1-5-11-6-7-12(9(2)3)13(8-11)10(4)14(15)16/h6-10H,5H2,1-4H3,(H,15,16). The van der Waals surface area contributed by atoms with E-state index in [-0.39, 0.29) is 0 Å². The van der Waals surface area contributed by atoms with Crippen LogP contribution in [-0.2, 0) is 11.2 Å². The molecule has 0 aliphatic heterocycles. The fourth-order valence-corrected chi connectivity index (χ4v) is 1.88. The largest absolute Gasteiger partial charge is 0.481 e. The van der Waals surface area contributed by atoms with Gasteiger partial charge >= 0.3 is 5.97 Å². The van der Waals surface area contributed by atoms with Crippen molar-refractivity contribution in [1.82, 2.24) is 0 Å². The Balaban J connectivity index is 3.25. The first-order chi connectivity index (χ1) is 7.47. The average Bonchev–Trinajstić information content (AvgIpc) is 2.26. The summed E-state index contributed by atoms with van der Waals surface area (Å²) < 4.78 is 0. The summed E-state index contributed by atoms with van der Waals surface area (Å²) in [7, 11) is 0. The summed E-state index contributed by atoms with van der Waals surface area (Å²) in [6.07, 6.45) is 0.942. The third-order valence-electron chi connectivity index (χ3n) is 3.02. The molecule has 2 nitrogen and oxygen atoms in total. The van der Waals surface area contributed by atoms with Crippen molar-refractivity contribution in [2.75, 3.05) is 0 Å². The van der Waals surface area contributed by atoms with E-state index in [1.807, 2.05) is 6.07 Å². The molecular weight excluding hydrogens is 200 g/mol. The van der Waals surface area contributed by atoms with E-state index < -0.39 is 11.9 Å². The van der Waals surface area contributed by atoms with Crippen LogP contribution in [0.3, 0.4) is 0 Å². The molecule has 16 heavy (non-hydrogen) atoms. The van der Waals surface area contributed by atoms with Crippen LogP contribution in [0.2, 0.25) is 0 Å². The summed E-state index contributed by atoms with van der Waals surface area (Å²) in [5, 5.41) is 9.11. The second-order valence-corrected chi connectivity index (χ2v) is 4.53. The van der Waals surface area contributed by atoms with E-state index in [4.69, 9.17) is 5.11 Å². The Labute approximate surface area is 97.3 Å². The molecule has 88 valence electrons. The molecule has 2 heteroatoms. The second kappa shape index (κ2) is 5.15. The van der Waals surface area contributed by atoms with Crippen molar-refractivity contribution in [1.29, 1.82) is 0 Å². The topological polar surface area (TPSA) is 37.3 Å². The molecule has 1 rings (SSSR count). The van der Waals surface area contributed by atoms with Gasteiger partial charge < -0.3 is 5.11 Å². The second-order valence-electron chi connectivity index (χ2n) is 4.53. The summed E-state index contributed by atoms with van der Waals surface area (Å²) >= 11 is 0. The molecule has 0 amide bonds. The van der Waals surface area contributed by atoms with E-state index in [2.05, 4.69) is 32.9 Å². The van der Waals surface area contributed by atoms with Gasteiger partial charge in [-0.1, -0.05) is 39.0 Å². The van der Waals surface area contributed by atoms with Crippen molar-refractivity contribution in [2.24, 2.45) is 0 Å². The lowest BCUT2D eigenvalue weighted by Gasteiger charge is -2.17. The van der Waals surface area contributed by atoms with E-state index >= 15 is 0 Å². The maximum Gasteiger partial charge on any atom is 0.310 e. The van der Waals surface area contributed by atoms with Gasteiger partial charge in [0.2, 0.25) is 0 Å². The minimum absolute atomic E-state index is 0.364. The molecule has 0 spiro atoms. The van der Waals surface area contributed by atoms with Gasteiger partial charge in [-0.3, -0.25) is 4.79 Å². The smallest absolute Gasteiger partial charge is 0.310 e. The molecule has 1 aromatic rings. The fourth-order valence-electron chi connectivity index (χ4n) is 1.88. The van der Waals surface area contributed by atoms with Crippen LogP contribution in [0.25, 0.3) is 0 Å². The van der Waals surface area contributed by atoms with Gasteiger partial charge in [-0.15, -0.1) is 0 Å². The van der Waals surface area contributed by atoms with Crippen LogP contribution in [0.4, 0.5) is 0 Å². The number of carboxylic acids is 1. The number of aliphatic carboxylic acids is 1. The van der Waals surface area contributed by atoms with E-state index in [1.54, 1.807) is 6.92 Å². The number of hydrogen-bond acceptors (Lipinski definition) is 1. The Kier molecular flexibility index (Phi) is 4.11. The van der Waals surface area contributed by atoms with Gasteiger partial charge in [-0.2, -0.15) is 0 Å². The fraction of sp³-hybridized carbons (Fsp3) is 0.500. The van der Waals surface area contributed by atoms with Crippen molar-refractivity contribution < 1.29 is 9.90 Å². The van der Waals surface area contributed by atoms with E-state index in [9.17, 15) is 4.79 Å². The Bertz CT molecular complexity index is 380. The highest BCUT2D eigenvalue weighted by Crippen LogP contribution is 2.27. The molecule has 0 radical (unpaired) electrons. The Hall–Kier alpha value is -1.31. The summed E-state index contributed by atoms with van der Waals surface area (Å²) in [6.45, 7) is 8.03. The molecule has 0 aliphatic rings. The van der Waals surface area contributed by atoms with Gasteiger partial charge in [0.25, 0.3) is 0 Å². The van der Waals surface area contributed by atoms with Gasteiger partial charge in [0, 0.05) is 0 Å². The zero-order valence-corrected chi connectivity index (χ0v) is 10.4. The molecule has 0 aliphatic carbocycles. The molecule has 0 bridgehead atoms. The number of rotatable bonds is 4. The molecule has 1 aromatic carbocycles. The van der Waals surface area contributed by atoms with Crippen molar-refractivity contribution in [2.45, 2.75) is 46.0 Å². The highest BCUT2D eigenvalue weighted by atomic mass is 16.4. The van der Waals surface area contributed by atoms with Gasteiger partial charge in [-0.05, 0) is 36.0 Å². The highest BCUT2D eigenvalue weighted by Gasteiger charge is 2.18. The van der Waals surface area contributed by atoms with Crippen LogP contribution in [0.15, 0.2) is 18.2 Å². The SMILES string of the molecule is CCc1ccc(C(C)C)c(C(C)C(=O)O)c1. The summed E-state index contributed by atoms with van der Waals surface area (Å²) in [5.41, 5.74) is 3.31. The zero-order valence-electron chi connectivity index (χ0n) is 10.4. The molecule has 0 saturated heterocycles. The van der Waals surface area contributed by atoms with Crippen molar-refractivity contribution in [3.63, 3.8) is 0 Å². The lowest BCUT2D eigenvalue weighted by Crippen LogP contribution is -2.11. The molecular formula is C14H20O2. The van der Waals surface area contributed by atoms with Crippen LogP contribution < -0.4 is 0 Å². The van der Waals surface area contributed by atoms with Crippen molar-refractivity contribution in [3.05, 3.63) is 34.9 Å². The van der Waals surface area contributed by atoms with Crippen molar-refractivity contribution >= 4 is 5.97 Å². The first kappa shape index (κ1) is 12.8. The predicted molar refractivity (Wildman–Crippen MR) is 66.0 cm³/mol. The summed E-state index contributed by atoms with van der Waals surface area (Å²) in [6, 6.07) is 6.19. The van der Waals surface area contributed by atoms with Crippen LogP contribution in [0, 0.1) is 0 Å². The third-order valence-corrected chi connectivity index (χ3v) is 3.02. The van der Waals surface area contributed by atoms with Gasteiger partial charge in [0.15, 0.2) is 0 Å². The van der Waals surface area contributed by atoms with Gasteiger partial charge in [0.05, 0.1) is 5.92 Å². The summed E-state index contributed by atoms with van der Waals surface area (Å²) in [4.78, 5) is 11.1. The predicted octanol–water partition coefficient (Wildman–Crippen LogP) is 3.56. The molecule has 1 unspecified atom stereocenters. The number of hydrogen-bond donors (Lipinski definition) is 1. The normalized spacial score (nSPS) is 12.8. The van der Waals surface area contributed by atoms with Crippen LogP contribution in [-0.4, -0.2) is 11.1 Å². The molecule has 0 heterocycles. The Morgan fingerprint density at radius 2 is 1.88 bits per heavy atom. The minimum Gasteiger partial charge on any atom is -0.481 e. The van der Waals surface area contributed by atoms with Crippen LogP contribution in [0.1, 0.15) is 56.2 Å². The molecule has 1 N–H and O–H groups in total. The lowest BCUT2D eigenvalue weighted by atomic mass is 9.88. The first-order valence-corrected chi connectivity index (χ1v) is 5.82. The number of carbonyl (C=O) groups is 1. The van der Waals surface area contributed by atoms with E-state index in [1.165, 1.54) is 5.56 Å². The number of aryl methyl sites for hydroxylation is 1. The number of benzene rings is 1. The molecule has 0 aromatic heterocycles. The quantitative estimate of drug-likeness (QED) is 0.842. The van der Waals surface area contributed by atoms with Gasteiger partial charge in [0.1, 0.15) is 0 Å². The Morgan fingerprint density at radius 3 is 2.31 bits per heavy atom. The van der Waals surface area contributed by atoms with Gasteiger partial charge in [-0.25, -0.2) is 0 Å². The van der Waals surface area contributed by atoms with Crippen molar-refractivity contribution in [3.8, 4) is 0 Å². The zero-order chi connectivity index (χ0) is 12.3. The van der Waals surface area contributed by atoms with E-state index in [0.29, 0.717) is 5.92 Å². The average molecular weight is 220 g/mol.